The highest BCUT2D eigenvalue weighted by Crippen LogP contribution is 2.13. The van der Waals surface area contributed by atoms with E-state index in [1.807, 2.05) is 0 Å². The molecule has 0 aliphatic rings. The van der Waals surface area contributed by atoms with Crippen molar-refractivity contribution in [2.45, 2.75) is 19.4 Å². The molecule has 2 N–H and O–H groups in total. The van der Waals surface area contributed by atoms with Crippen LogP contribution in [0.25, 0.3) is 11.2 Å². The fraction of sp³-hybridized carbons (Fsp3) is 0.417. The lowest BCUT2D eigenvalue weighted by Gasteiger charge is -2.18. The second-order valence-corrected chi connectivity index (χ2v) is 4.88. The Morgan fingerprint density at radius 2 is 1.95 bits per heavy atom. The zero-order chi connectivity index (χ0) is 14.4. The Morgan fingerprint density at radius 1 is 1.32 bits per heavy atom. The summed E-state index contributed by atoms with van der Waals surface area (Å²) in [4.78, 5) is 30.8. The van der Waals surface area contributed by atoms with Crippen LogP contribution in [0, 0.1) is 12.3 Å². The van der Waals surface area contributed by atoms with E-state index in [1.54, 1.807) is 20.9 Å². The van der Waals surface area contributed by atoms with Crippen LogP contribution in [0.4, 0.5) is 5.95 Å². The van der Waals surface area contributed by atoms with Crippen LogP contribution >= 0.6 is 0 Å². The van der Waals surface area contributed by atoms with E-state index in [2.05, 4.69) is 21.2 Å². The van der Waals surface area contributed by atoms with E-state index >= 15 is 0 Å². The van der Waals surface area contributed by atoms with E-state index in [4.69, 9.17) is 6.42 Å². The van der Waals surface area contributed by atoms with Gasteiger partial charge in [0.25, 0.3) is 5.56 Å². The average molecular weight is 261 g/mol. The van der Waals surface area contributed by atoms with Crippen molar-refractivity contribution in [2.75, 3.05) is 5.32 Å². The Balaban J connectivity index is 2.69. The molecule has 0 atom stereocenters. The molecule has 0 saturated carbocycles. The first kappa shape index (κ1) is 13.0. The van der Waals surface area contributed by atoms with Crippen molar-refractivity contribution in [3.05, 3.63) is 20.8 Å². The summed E-state index contributed by atoms with van der Waals surface area (Å²) in [6.07, 6.45) is 5.38. The molecule has 100 valence electrons. The molecular formula is C12H15N5O2. The van der Waals surface area contributed by atoms with E-state index in [9.17, 15) is 9.59 Å². The van der Waals surface area contributed by atoms with Gasteiger partial charge in [0, 0.05) is 14.1 Å². The Labute approximate surface area is 109 Å². The van der Waals surface area contributed by atoms with Gasteiger partial charge >= 0.3 is 5.69 Å². The van der Waals surface area contributed by atoms with E-state index in [1.165, 1.54) is 11.6 Å². The average Bonchev–Trinajstić information content (AvgIpc) is 2.77. The zero-order valence-corrected chi connectivity index (χ0v) is 11.2. The maximum absolute atomic E-state index is 12.0. The van der Waals surface area contributed by atoms with Gasteiger partial charge in [-0.2, -0.15) is 4.98 Å². The molecule has 0 aromatic carbocycles. The Kier molecular flexibility index (Phi) is 2.74. The molecule has 2 rings (SSSR count). The zero-order valence-electron chi connectivity index (χ0n) is 11.2. The molecule has 0 aliphatic heterocycles. The van der Waals surface area contributed by atoms with E-state index in [-0.39, 0.29) is 5.52 Å². The third-order valence-corrected chi connectivity index (χ3v) is 2.89. The van der Waals surface area contributed by atoms with Gasteiger partial charge in [-0.3, -0.25) is 13.9 Å². The Hall–Kier alpha value is -2.49. The third kappa shape index (κ3) is 2.01. The minimum absolute atomic E-state index is 0.264. The molecule has 0 saturated heterocycles. The standard InChI is InChI=1S/C12H15N5O2/c1-6-12(2,3)15-10-13-7-8(14-10)16(4)11(19)17(5)9(7)18/h1H,2-5H3,(H2,13,14,15). The molecule has 0 amide bonds. The van der Waals surface area contributed by atoms with Crippen LogP contribution in [0.2, 0.25) is 0 Å². The van der Waals surface area contributed by atoms with Crippen LogP contribution in [0.5, 0.6) is 0 Å². The maximum atomic E-state index is 12.0. The molecule has 2 aromatic heterocycles. The van der Waals surface area contributed by atoms with Crippen molar-refractivity contribution in [1.29, 1.82) is 0 Å². The van der Waals surface area contributed by atoms with Gasteiger partial charge in [-0.1, -0.05) is 5.92 Å². The normalized spacial score (nSPS) is 11.5. The molecule has 19 heavy (non-hydrogen) atoms. The van der Waals surface area contributed by atoms with Crippen molar-refractivity contribution >= 4 is 17.1 Å². The lowest BCUT2D eigenvalue weighted by Crippen LogP contribution is -2.36. The number of terminal acetylenes is 1. The van der Waals surface area contributed by atoms with Crippen LogP contribution in [-0.2, 0) is 14.1 Å². The van der Waals surface area contributed by atoms with Crippen molar-refractivity contribution in [2.24, 2.45) is 14.1 Å². The second kappa shape index (κ2) is 4.02. The highest BCUT2D eigenvalue weighted by Gasteiger charge is 2.18. The van der Waals surface area contributed by atoms with E-state index in [0.717, 1.165) is 4.57 Å². The van der Waals surface area contributed by atoms with Crippen LogP contribution in [0.1, 0.15) is 13.8 Å². The number of hydrogen-bond acceptors (Lipinski definition) is 4. The summed E-state index contributed by atoms with van der Waals surface area (Å²) in [6.45, 7) is 3.61. The first-order valence-corrected chi connectivity index (χ1v) is 5.68. The molecule has 0 fully saturated rings. The summed E-state index contributed by atoms with van der Waals surface area (Å²) in [5, 5.41) is 2.98. The SMILES string of the molecule is C#CC(C)(C)Nc1nc2c([nH]1)c(=O)n(C)c(=O)n2C. The highest BCUT2D eigenvalue weighted by molar-refractivity contribution is 5.72. The molecule has 0 aliphatic carbocycles. The molecule has 0 bridgehead atoms. The summed E-state index contributed by atoms with van der Waals surface area (Å²) in [7, 11) is 2.98. The first-order chi connectivity index (χ1) is 8.76. The number of H-pyrrole nitrogens is 1. The topological polar surface area (TPSA) is 84.7 Å². The van der Waals surface area contributed by atoms with Gasteiger partial charge in [-0.15, -0.1) is 6.42 Å². The number of anilines is 1. The number of aromatic amines is 1. The smallest absolute Gasteiger partial charge is 0.332 e. The van der Waals surface area contributed by atoms with Gasteiger partial charge in [-0.25, -0.2) is 4.79 Å². The summed E-state index contributed by atoms with van der Waals surface area (Å²) < 4.78 is 2.33. The van der Waals surface area contributed by atoms with Crippen molar-refractivity contribution in [1.82, 2.24) is 19.1 Å². The molecule has 2 aromatic rings. The minimum atomic E-state index is -0.613. The summed E-state index contributed by atoms with van der Waals surface area (Å²) in [5.74, 6) is 2.92. The van der Waals surface area contributed by atoms with Crippen LogP contribution in [0.15, 0.2) is 9.59 Å². The van der Waals surface area contributed by atoms with Crippen molar-refractivity contribution < 1.29 is 0 Å². The molecule has 0 spiro atoms. The number of imidazole rings is 1. The number of nitrogens with zero attached hydrogens (tertiary/aromatic N) is 3. The number of hydrogen-bond donors (Lipinski definition) is 2. The van der Waals surface area contributed by atoms with Gasteiger partial charge < -0.3 is 10.3 Å². The fourth-order valence-corrected chi connectivity index (χ4v) is 1.72. The van der Waals surface area contributed by atoms with Crippen LogP contribution in [-0.4, -0.2) is 24.6 Å². The van der Waals surface area contributed by atoms with Crippen LogP contribution in [0.3, 0.4) is 0 Å². The summed E-state index contributed by atoms with van der Waals surface area (Å²) >= 11 is 0. The Morgan fingerprint density at radius 3 is 2.53 bits per heavy atom. The van der Waals surface area contributed by atoms with Gasteiger partial charge in [0.05, 0.1) is 5.54 Å². The minimum Gasteiger partial charge on any atom is -0.340 e. The number of aromatic nitrogens is 4. The second-order valence-electron chi connectivity index (χ2n) is 4.88. The number of nitrogens with one attached hydrogen (secondary N) is 2. The molecule has 0 unspecified atom stereocenters. The lowest BCUT2D eigenvalue weighted by atomic mass is 10.1. The quantitative estimate of drug-likeness (QED) is 0.732. The van der Waals surface area contributed by atoms with Gasteiger partial charge in [0.2, 0.25) is 5.95 Å². The molecule has 7 nitrogen and oxygen atoms in total. The lowest BCUT2D eigenvalue weighted by molar-refractivity contribution is 0.708. The number of rotatable bonds is 2. The maximum Gasteiger partial charge on any atom is 0.332 e. The molecular weight excluding hydrogens is 246 g/mol. The van der Waals surface area contributed by atoms with Gasteiger partial charge in [0.15, 0.2) is 11.2 Å². The Bertz CT molecular complexity index is 800. The molecule has 0 radical (unpaired) electrons. The van der Waals surface area contributed by atoms with E-state index < -0.39 is 16.8 Å². The predicted octanol–water partition coefficient (Wildman–Crippen LogP) is -0.216. The fourth-order valence-electron chi connectivity index (χ4n) is 1.72. The van der Waals surface area contributed by atoms with Crippen molar-refractivity contribution in [3.8, 4) is 12.3 Å². The number of fused-ring (bicyclic) bond motifs is 1. The third-order valence-electron chi connectivity index (χ3n) is 2.89. The first-order valence-electron chi connectivity index (χ1n) is 5.68. The molecule has 7 heteroatoms. The number of aryl methyl sites for hydroxylation is 1. The van der Waals surface area contributed by atoms with Gasteiger partial charge in [0.1, 0.15) is 0 Å². The summed E-state index contributed by atoms with van der Waals surface area (Å²) in [5.41, 5.74) is -0.898. The molecule has 2 heterocycles. The largest absolute Gasteiger partial charge is 0.340 e. The van der Waals surface area contributed by atoms with E-state index in [0.29, 0.717) is 11.6 Å². The predicted molar refractivity (Wildman–Crippen MR) is 73.1 cm³/mol. The monoisotopic (exact) mass is 261 g/mol. The van der Waals surface area contributed by atoms with Crippen LogP contribution < -0.4 is 16.6 Å². The van der Waals surface area contributed by atoms with Crippen molar-refractivity contribution in [3.63, 3.8) is 0 Å². The van der Waals surface area contributed by atoms with Gasteiger partial charge in [-0.05, 0) is 13.8 Å². The summed E-state index contributed by atoms with van der Waals surface area (Å²) in [6, 6.07) is 0. The highest BCUT2D eigenvalue weighted by atomic mass is 16.2.